The third-order valence-electron chi connectivity index (χ3n) is 8.67. The number of carboxylic acids is 1. The van der Waals surface area contributed by atoms with Gasteiger partial charge in [-0.15, -0.1) is 0 Å². The molecular formula is C30H33Cl2N3O4. The molecule has 1 unspecified atom stereocenters. The number of nitrogens with one attached hydrogen (secondary N) is 1. The van der Waals surface area contributed by atoms with Gasteiger partial charge in [0.05, 0.1) is 26.9 Å². The maximum atomic E-state index is 13.5. The number of aliphatic carboxylic acids is 1. The molecule has 0 aliphatic heterocycles. The molecular weight excluding hydrogens is 537 g/mol. The number of pyridine rings is 1. The van der Waals surface area contributed by atoms with Gasteiger partial charge in [0.1, 0.15) is 0 Å². The zero-order valence-electron chi connectivity index (χ0n) is 21.8. The number of carboxylic acid groups (broad SMARTS) is 1. The normalized spacial score (nSPS) is 22.9. The number of carbonyl (C=O) groups excluding carboxylic acids is 2. The summed E-state index contributed by atoms with van der Waals surface area (Å²) in [5.74, 6) is -1.07. The summed E-state index contributed by atoms with van der Waals surface area (Å²) in [6.07, 6.45) is 13.1. The van der Waals surface area contributed by atoms with Crippen molar-refractivity contribution in [3.8, 4) is 0 Å². The molecule has 1 aromatic heterocycles. The molecule has 5 rings (SSSR count). The lowest BCUT2D eigenvalue weighted by Gasteiger charge is -2.53. The first-order valence-corrected chi connectivity index (χ1v) is 14.6. The third kappa shape index (κ3) is 5.62. The Balaban J connectivity index is 1.34. The lowest BCUT2D eigenvalue weighted by atomic mass is 9.49. The number of hydrogen-bond donors (Lipinski definition) is 2. The standard InChI is InChI=1S/C30H33Cl2N3O4/c31-21-16-33-17-22(32)25(21)28(37)34-20-11-9-18(10-12-20)15-23(29(38)39)35-26-24(19-7-3-1-4-8-19)27(36)30(26)13-5-2-6-14-30/h9-12,16-17,19,23-24H,1-8,13-15H2,(H,34,37)(H,38,39)/t23-,24?/m0/s1. The Hall–Kier alpha value is -2.77. The van der Waals surface area contributed by atoms with Crippen LogP contribution in [0.15, 0.2) is 41.7 Å². The van der Waals surface area contributed by atoms with Crippen LogP contribution in [0.4, 0.5) is 5.69 Å². The van der Waals surface area contributed by atoms with Gasteiger partial charge in [0.2, 0.25) is 0 Å². The molecule has 1 spiro atoms. The molecule has 0 bridgehead atoms. The van der Waals surface area contributed by atoms with Gasteiger partial charge in [0, 0.05) is 30.2 Å². The van der Waals surface area contributed by atoms with Gasteiger partial charge < -0.3 is 10.4 Å². The van der Waals surface area contributed by atoms with Crippen LogP contribution in [0.5, 0.6) is 0 Å². The smallest absolute Gasteiger partial charge is 0.328 e. The van der Waals surface area contributed by atoms with E-state index < -0.39 is 23.3 Å². The molecule has 0 saturated heterocycles. The number of carbonyl (C=O) groups is 3. The average molecular weight is 571 g/mol. The summed E-state index contributed by atoms with van der Waals surface area (Å²) in [6.45, 7) is 0. The van der Waals surface area contributed by atoms with Gasteiger partial charge in [-0.2, -0.15) is 0 Å². The van der Waals surface area contributed by atoms with Crippen LogP contribution in [0, 0.1) is 17.3 Å². The summed E-state index contributed by atoms with van der Waals surface area (Å²) in [4.78, 5) is 47.3. The van der Waals surface area contributed by atoms with E-state index in [0.29, 0.717) is 11.5 Å². The lowest BCUT2D eigenvalue weighted by molar-refractivity contribution is -0.139. The van der Waals surface area contributed by atoms with E-state index in [9.17, 15) is 19.5 Å². The molecule has 39 heavy (non-hydrogen) atoms. The number of benzene rings is 1. The number of halogens is 2. The number of nitrogens with zero attached hydrogens (tertiary/aromatic N) is 2. The second-order valence-corrected chi connectivity index (χ2v) is 11.9. The van der Waals surface area contributed by atoms with Crippen LogP contribution >= 0.6 is 23.2 Å². The van der Waals surface area contributed by atoms with E-state index in [2.05, 4.69) is 10.3 Å². The minimum atomic E-state index is -0.991. The van der Waals surface area contributed by atoms with E-state index in [1.165, 1.54) is 18.8 Å². The Kier molecular flexibility index (Phi) is 8.38. The van der Waals surface area contributed by atoms with Crippen molar-refractivity contribution in [1.82, 2.24) is 4.98 Å². The first-order valence-electron chi connectivity index (χ1n) is 13.8. The molecule has 2 aromatic rings. The fourth-order valence-electron chi connectivity index (χ4n) is 6.66. The first-order chi connectivity index (χ1) is 18.8. The zero-order chi connectivity index (χ0) is 27.6. The molecule has 3 fully saturated rings. The predicted molar refractivity (Wildman–Crippen MR) is 152 cm³/mol. The summed E-state index contributed by atoms with van der Waals surface area (Å²) < 4.78 is 0. The van der Waals surface area contributed by atoms with E-state index in [4.69, 9.17) is 28.2 Å². The molecule has 3 aliphatic carbocycles. The van der Waals surface area contributed by atoms with E-state index >= 15 is 0 Å². The molecule has 7 nitrogen and oxygen atoms in total. The molecule has 0 radical (unpaired) electrons. The van der Waals surface area contributed by atoms with Gasteiger partial charge >= 0.3 is 5.97 Å². The first kappa shape index (κ1) is 27.8. The SMILES string of the molecule is O=C(Nc1ccc(C[C@H](N=C2C(C3CCCCC3)C(=O)C23CCCCC3)C(=O)O)cc1)c1c(Cl)cncc1Cl. The van der Waals surface area contributed by atoms with Crippen molar-refractivity contribution in [2.75, 3.05) is 5.32 Å². The van der Waals surface area contributed by atoms with Gasteiger partial charge in [0.25, 0.3) is 5.91 Å². The predicted octanol–water partition coefficient (Wildman–Crippen LogP) is 6.81. The zero-order valence-corrected chi connectivity index (χ0v) is 23.3. The van der Waals surface area contributed by atoms with Gasteiger partial charge in [-0.1, -0.05) is 73.9 Å². The number of aromatic nitrogens is 1. The average Bonchev–Trinajstić information content (AvgIpc) is 2.94. The number of hydrogen-bond acceptors (Lipinski definition) is 5. The van der Waals surface area contributed by atoms with Crippen LogP contribution in [0.1, 0.15) is 80.1 Å². The maximum Gasteiger partial charge on any atom is 0.328 e. The van der Waals surface area contributed by atoms with Crippen molar-refractivity contribution in [2.45, 2.75) is 76.7 Å². The van der Waals surface area contributed by atoms with Crippen molar-refractivity contribution in [2.24, 2.45) is 22.2 Å². The summed E-state index contributed by atoms with van der Waals surface area (Å²) in [7, 11) is 0. The highest BCUT2D eigenvalue weighted by Crippen LogP contribution is 2.54. The fourth-order valence-corrected chi connectivity index (χ4v) is 7.20. The summed E-state index contributed by atoms with van der Waals surface area (Å²) in [5, 5.41) is 13.2. The highest BCUT2D eigenvalue weighted by atomic mass is 35.5. The number of amides is 1. The topological polar surface area (TPSA) is 109 Å². The minimum Gasteiger partial charge on any atom is -0.480 e. The summed E-state index contributed by atoms with van der Waals surface area (Å²) in [5.41, 5.74) is 1.76. The van der Waals surface area contributed by atoms with Crippen molar-refractivity contribution in [1.29, 1.82) is 0 Å². The Morgan fingerprint density at radius 1 is 1.00 bits per heavy atom. The van der Waals surface area contributed by atoms with E-state index in [0.717, 1.165) is 69.1 Å². The van der Waals surface area contributed by atoms with Crippen LogP contribution in [0.2, 0.25) is 10.0 Å². The molecule has 2 atom stereocenters. The quantitative estimate of drug-likeness (QED) is 0.380. The molecule has 1 amide bonds. The second-order valence-electron chi connectivity index (χ2n) is 11.1. The molecule has 3 saturated carbocycles. The number of rotatable bonds is 7. The minimum absolute atomic E-state index is 0.137. The Morgan fingerprint density at radius 2 is 1.62 bits per heavy atom. The van der Waals surface area contributed by atoms with Gasteiger partial charge in [-0.3, -0.25) is 19.6 Å². The third-order valence-corrected chi connectivity index (χ3v) is 9.24. The molecule has 3 aliphatic rings. The fraction of sp³-hybridized carbons (Fsp3) is 0.500. The highest BCUT2D eigenvalue weighted by molar-refractivity contribution is 6.40. The molecule has 9 heteroatoms. The number of ketones is 1. The van der Waals surface area contributed by atoms with Crippen LogP contribution < -0.4 is 5.32 Å². The number of Topliss-reactive ketones (excluding diaryl/α,β-unsaturated/α-hetero) is 1. The van der Waals surface area contributed by atoms with E-state index in [1.807, 2.05) is 0 Å². The molecule has 2 N–H and O–H groups in total. The molecule has 1 heterocycles. The number of anilines is 1. The maximum absolute atomic E-state index is 13.5. The molecule has 1 aromatic carbocycles. The van der Waals surface area contributed by atoms with Gasteiger partial charge in [-0.05, 0) is 49.3 Å². The van der Waals surface area contributed by atoms with Gasteiger partial charge in [-0.25, -0.2) is 4.79 Å². The Bertz CT molecular complexity index is 1260. The van der Waals surface area contributed by atoms with Crippen molar-refractivity contribution >= 4 is 52.3 Å². The van der Waals surface area contributed by atoms with Gasteiger partial charge in [0.15, 0.2) is 11.8 Å². The summed E-state index contributed by atoms with van der Waals surface area (Å²) in [6, 6.07) is 6.02. The highest BCUT2D eigenvalue weighted by Gasteiger charge is 2.61. The van der Waals surface area contributed by atoms with Crippen molar-refractivity contribution in [3.63, 3.8) is 0 Å². The molecule has 206 valence electrons. The largest absolute Gasteiger partial charge is 0.480 e. The van der Waals surface area contributed by atoms with Crippen LogP contribution in [0.3, 0.4) is 0 Å². The second kappa shape index (κ2) is 11.8. The van der Waals surface area contributed by atoms with Crippen LogP contribution in [0.25, 0.3) is 0 Å². The Morgan fingerprint density at radius 3 is 2.23 bits per heavy atom. The monoisotopic (exact) mass is 569 g/mol. The van der Waals surface area contributed by atoms with Crippen LogP contribution in [-0.2, 0) is 16.0 Å². The number of aliphatic imine (C=N–C) groups is 1. The lowest BCUT2D eigenvalue weighted by Crippen LogP contribution is -2.62. The van der Waals surface area contributed by atoms with Crippen LogP contribution in [-0.4, -0.2) is 39.5 Å². The summed E-state index contributed by atoms with van der Waals surface area (Å²) >= 11 is 12.2. The van der Waals surface area contributed by atoms with Crippen molar-refractivity contribution in [3.05, 3.63) is 57.8 Å². The Labute approximate surface area is 238 Å². The van der Waals surface area contributed by atoms with Crippen molar-refractivity contribution < 1.29 is 19.5 Å². The van der Waals surface area contributed by atoms with E-state index in [-0.39, 0.29) is 33.9 Å². The van der Waals surface area contributed by atoms with E-state index in [1.54, 1.807) is 24.3 Å².